The molecule has 2 heterocycles. The molecule has 0 radical (unpaired) electrons. The first-order chi connectivity index (χ1) is 14.4. The summed E-state index contributed by atoms with van der Waals surface area (Å²) in [6.45, 7) is 4.35. The average molecular weight is 465 g/mol. The number of hydrogen-bond acceptors (Lipinski definition) is 4. The van der Waals surface area contributed by atoms with Gasteiger partial charge in [-0.3, -0.25) is 0 Å². The number of para-hydroxylation sites is 1. The lowest BCUT2D eigenvalue weighted by molar-refractivity contribution is 0.502. The Morgan fingerprint density at radius 1 is 1.03 bits per heavy atom. The first-order valence-electron chi connectivity index (χ1n) is 10.9. The molecule has 1 aliphatic heterocycles. The molecule has 30 heavy (non-hydrogen) atoms. The Morgan fingerprint density at radius 3 is 2.47 bits per heavy atom. The molecule has 2 fully saturated rings. The van der Waals surface area contributed by atoms with Gasteiger partial charge in [-0.25, -0.2) is 9.97 Å². The highest BCUT2D eigenvalue weighted by atomic mass is 79.9. The maximum Gasteiger partial charge on any atom is 0.140 e. The van der Waals surface area contributed by atoms with Crippen molar-refractivity contribution in [1.29, 1.82) is 0 Å². The maximum atomic E-state index is 5.13. The van der Waals surface area contributed by atoms with Crippen LogP contribution in [0.1, 0.15) is 49.9 Å². The van der Waals surface area contributed by atoms with Crippen molar-refractivity contribution in [3.63, 3.8) is 0 Å². The number of nitrogens with zero attached hydrogens (tertiary/aromatic N) is 4. The van der Waals surface area contributed by atoms with Gasteiger partial charge in [0, 0.05) is 48.1 Å². The van der Waals surface area contributed by atoms with Gasteiger partial charge >= 0.3 is 0 Å². The van der Waals surface area contributed by atoms with E-state index in [1.54, 1.807) is 0 Å². The lowest BCUT2D eigenvalue weighted by Crippen LogP contribution is -2.34. The van der Waals surface area contributed by atoms with Crippen LogP contribution >= 0.6 is 15.9 Å². The number of fused-ring (bicyclic) bond motifs is 1. The molecule has 1 aromatic heterocycles. The van der Waals surface area contributed by atoms with Crippen molar-refractivity contribution in [3.05, 3.63) is 58.3 Å². The third-order valence-electron chi connectivity index (χ3n) is 6.83. The van der Waals surface area contributed by atoms with Crippen LogP contribution in [0.25, 0.3) is 10.9 Å². The minimum Gasteiger partial charge on any atom is -0.377 e. The zero-order chi connectivity index (χ0) is 20.9. The molecule has 0 unspecified atom stereocenters. The molecule has 0 N–H and O–H groups in total. The van der Waals surface area contributed by atoms with Gasteiger partial charge in [-0.15, -0.1) is 0 Å². The van der Waals surface area contributed by atoms with Crippen molar-refractivity contribution >= 4 is 38.3 Å². The Morgan fingerprint density at radius 2 is 1.77 bits per heavy atom. The van der Waals surface area contributed by atoms with E-state index in [-0.39, 0.29) is 5.41 Å². The molecule has 1 saturated heterocycles. The third kappa shape index (κ3) is 3.58. The van der Waals surface area contributed by atoms with Gasteiger partial charge < -0.3 is 9.80 Å². The summed E-state index contributed by atoms with van der Waals surface area (Å²) in [5.41, 5.74) is 4.05. The van der Waals surface area contributed by atoms with Gasteiger partial charge in [-0.1, -0.05) is 41.1 Å². The van der Waals surface area contributed by atoms with Crippen molar-refractivity contribution in [2.45, 2.75) is 43.9 Å². The van der Waals surface area contributed by atoms with Crippen LogP contribution in [0.2, 0.25) is 0 Å². The summed E-state index contributed by atoms with van der Waals surface area (Å²) in [6, 6.07) is 15.2. The Hall–Kier alpha value is -2.14. The van der Waals surface area contributed by atoms with Gasteiger partial charge in [-0.2, -0.15) is 0 Å². The standard InChI is InChI=1S/C25H29BrN4/c1-25(12-13-25)24-27-21-9-8-18(26)16-20(21)23(28-24)30-14-10-17(11-15-30)19-6-4-5-7-22(19)29(2)3/h4-9,16-17H,10-15H2,1-3H3. The van der Waals surface area contributed by atoms with Crippen molar-refractivity contribution < 1.29 is 0 Å². The molecule has 0 bridgehead atoms. The lowest BCUT2D eigenvalue weighted by atomic mass is 9.88. The highest BCUT2D eigenvalue weighted by molar-refractivity contribution is 9.10. The number of benzene rings is 2. The number of rotatable bonds is 4. The molecule has 1 aliphatic carbocycles. The highest BCUT2D eigenvalue weighted by Crippen LogP contribution is 2.47. The fraction of sp³-hybridized carbons (Fsp3) is 0.440. The van der Waals surface area contributed by atoms with Crippen molar-refractivity contribution in [2.24, 2.45) is 0 Å². The second-order valence-corrected chi connectivity index (χ2v) is 10.2. The molecule has 0 spiro atoms. The number of halogens is 1. The number of aromatic nitrogens is 2. The largest absolute Gasteiger partial charge is 0.377 e. The van der Waals surface area contributed by atoms with Crippen LogP contribution in [-0.4, -0.2) is 37.2 Å². The number of hydrogen-bond donors (Lipinski definition) is 0. The molecule has 2 aliphatic rings. The van der Waals surface area contributed by atoms with E-state index in [1.807, 2.05) is 0 Å². The fourth-order valence-electron chi connectivity index (χ4n) is 4.65. The summed E-state index contributed by atoms with van der Waals surface area (Å²) in [5.74, 6) is 2.73. The van der Waals surface area contributed by atoms with Gasteiger partial charge in [-0.05, 0) is 61.4 Å². The van der Waals surface area contributed by atoms with Gasteiger partial charge in [0.1, 0.15) is 11.6 Å². The molecule has 0 atom stereocenters. The summed E-state index contributed by atoms with van der Waals surface area (Å²) in [7, 11) is 4.28. The summed E-state index contributed by atoms with van der Waals surface area (Å²) in [4.78, 5) is 14.8. The first-order valence-corrected chi connectivity index (χ1v) is 11.7. The Kier molecular flexibility index (Phi) is 4.97. The minimum atomic E-state index is 0.166. The van der Waals surface area contributed by atoms with Crippen LogP contribution in [0.3, 0.4) is 0 Å². The zero-order valence-corrected chi connectivity index (χ0v) is 19.6. The average Bonchev–Trinajstić information content (AvgIpc) is 3.51. The Balaban J connectivity index is 1.46. The lowest BCUT2D eigenvalue weighted by Gasteiger charge is -2.35. The fourth-order valence-corrected chi connectivity index (χ4v) is 5.01. The van der Waals surface area contributed by atoms with Crippen molar-refractivity contribution in [3.8, 4) is 0 Å². The van der Waals surface area contributed by atoms with Crippen LogP contribution in [0, 0.1) is 0 Å². The van der Waals surface area contributed by atoms with Gasteiger partial charge in [0.05, 0.1) is 5.52 Å². The molecule has 4 nitrogen and oxygen atoms in total. The predicted molar refractivity (Wildman–Crippen MR) is 129 cm³/mol. The topological polar surface area (TPSA) is 32.3 Å². The summed E-state index contributed by atoms with van der Waals surface area (Å²) >= 11 is 3.64. The Labute approximate surface area is 187 Å². The molecule has 1 saturated carbocycles. The second kappa shape index (κ2) is 7.52. The van der Waals surface area contributed by atoms with Crippen LogP contribution in [0.5, 0.6) is 0 Å². The van der Waals surface area contributed by atoms with Crippen LogP contribution < -0.4 is 9.80 Å². The van der Waals surface area contributed by atoms with Gasteiger partial charge in [0.25, 0.3) is 0 Å². The van der Waals surface area contributed by atoms with E-state index in [0.29, 0.717) is 5.92 Å². The maximum absolute atomic E-state index is 5.13. The number of anilines is 2. The smallest absolute Gasteiger partial charge is 0.140 e. The third-order valence-corrected chi connectivity index (χ3v) is 7.32. The molecule has 0 amide bonds. The summed E-state index contributed by atoms with van der Waals surface area (Å²) in [5, 5.41) is 1.16. The van der Waals surface area contributed by atoms with E-state index in [0.717, 1.165) is 52.9 Å². The monoisotopic (exact) mass is 464 g/mol. The molecule has 156 valence electrons. The highest BCUT2D eigenvalue weighted by Gasteiger charge is 2.42. The minimum absolute atomic E-state index is 0.166. The Bertz CT molecular complexity index is 1080. The van der Waals surface area contributed by atoms with Crippen LogP contribution in [0.15, 0.2) is 46.9 Å². The van der Waals surface area contributed by atoms with E-state index >= 15 is 0 Å². The molecular formula is C25H29BrN4. The molecule has 2 aromatic carbocycles. The van der Waals surface area contributed by atoms with E-state index in [9.17, 15) is 0 Å². The summed E-state index contributed by atoms with van der Waals surface area (Å²) < 4.78 is 1.08. The van der Waals surface area contributed by atoms with E-state index < -0.39 is 0 Å². The molecule has 5 heteroatoms. The predicted octanol–water partition coefficient (Wildman–Crippen LogP) is 5.89. The molecule has 3 aromatic rings. The zero-order valence-electron chi connectivity index (χ0n) is 18.0. The van der Waals surface area contributed by atoms with E-state index in [1.165, 1.54) is 24.1 Å². The molecule has 5 rings (SSSR count). The van der Waals surface area contributed by atoms with E-state index in [2.05, 4.69) is 89.2 Å². The van der Waals surface area contributed by atoms with Crippen molar-refractivity contribution in [1.82, 2.24) is 9.97 Å². The van der Waals surface area contributed by atoms with Gasteiger partial charge in [0.2, 0.25) is 0 Å². The van der Waals surface area contributed by atoms with E-state index in [4.69, 9.17) is 9.97 Å². The second-order valence-electron chi connectivity index (χ2n) is 9.31. The van der Waals surface area contributed by atoms with Crippen LogP contribution in [0.4, 0.5) is 11.5 Å². The first kappa shape index (κ1) is 19.8. The van der Waals surface area contributed by atoms with Crippen molar-refractivity contribution in [2.75, 3.05) is 37.0 Å². The normalized spacial score (nSPS) is 18.6. The quantitative estimate of drug-likeness (QED) is 0.481. The summed E-state index contributed by atoms with van der Waals surface area (Å²) in [6.07, 6.45) is 4.68. The van der Waals surface area contributed by atoms with Gasteiger partial charge in [0.15, 0.2) is 0 Å². The molecular weight excluding hydrogens is 436 g/mol. The number of piperidine rings is 1. The van der Waals surface area contributed by atoms with Crippen LogP contribution in [-0.2, 0) is 5.41 Å². The SMILES string of the molecule is CN(C)c1ccccc1C1CCN(c2nc(C3(C)CC3)nc3ccc(Br)cc23)CC1.